The van der Waals surface area contributed by atoms with E-state index >= 15 is 0 Å². The highest BCUT2D eigenvalue weighted by Gasteiger charge is 2.09. The highest BCUT2D eigenvalue weighted by atomic mass is 79.9. The van der Waals surface area contributed by atoms with Crippen molar-refractivity contribution in [2.75, 3.05) is 5.32 Å². The van der Waals surface area contributed by atoms with Crippen LogP contribution in [0, 0.1) is 5.92 Å². The van der Waals surface area contributed by atoms with Gasteiger partial charge >= 0.3 is 0 Å². The Morgan fingerprint density at radius 2 is 1.94 bits per heavy atom. The molecule has 0 aliphatic carbocycles. The third-order valence-corrected chi connectivity index (χ3v) is 3.22. The number of amides is 1. The summed E-state index contributed by atoms with van der Waals surface area (Å²) in [5.41, 5.74) is 2.09. The zero-order valence-electron chi connectivity index (χ0n) is 10.9. The molecule has 94 valence electrons. The number of benzene rings is 1. The lowest BCUT2D eigenvalue weighted by atomic mass is 10.0. The molecule has 0 fully saturated rings. The molecule has 0 heterocycles. The van der Waals surface area contributed by atoms with E-state index < -0.39 is 0 Å². The fourth-order valence-corrected chi connectivity index (χ4v) is 2.35. The summed E-state index contributed by atoms with van der Waals surface area (Å²) >= 11 is 3.52. The summed E-state index contributed by atoms with van der Waals surface area (Å²) in [6.45, 7) is 8.36. The standard InChI is InChI=1S/C14H20BrNO/c1-9(2)7-14(17)16-11-5-6-13(15)12(8-11)10(3)4/h5-6,8-10H,7H2,1-4H3,(H,16,17). The van der Waals surface area contributed by atoms with Crippen LogP contribution in [0.4, 0.5) is 5.69 Å². The molecule has 0 unspecified atom stereocenters. The van der Waals surface area contributed by atoms with Crippen molar-refractivity contribution in [1.29, 1.82) is 0 Å². The topological polar surface area (TPSA) is 29.1 Å². The number of nitrogens with one attached hydrogen (secondary N) is 1. The zero-order valence-corrected chi connectivity index (χ0v) is 12.5. The van der Waals surface area contributed by atoms with E-state index in [0.29, 0.717) is 18.3 Å². The van der Waals surface area contributed by atoms with Gasteiger partial charge in [0.25, 0.3) is 0 Å². The molecule has 2 nitrogen and oxygen atoms in total. The van der Waals surface area contributed by atoms with Crippen LogP contribution < -0.4 is 5.32 Å². The van der Waals surface area contributed by atoms with E-state index in [1.54, 1.807) is 0 Å². The van der Waals surface area contributed by atoms with Gasteiger partial charge < -0.3 is 5.32 Å². The quantitative estimate of drug-likeness (QED) is 0.867. The molecule has 1 aromatic carbocycles. The SMILES string of the molecule is CC(C)CC(=O)Nc1ccc(Br)c(C(C)C)c1. The van der Waals surface area contributed by atoms with E-state index in [0.717, 1.165) is 10.2 Å². The number of carbonyl (C=O) groups is 1. The van der Waals surface area contributed by atoms with E-state index in [4.69, 9.17) is 0 Å². The highest BCUT2D eigenvalue weighted by molar-refractivity contribution is 9.10. The monoisotopic (exact) mass is 297 g/mol. The van der Waals surface area contributed by atoms with Crippen LogP contribution in [0.3, 0.4) is 0 Å². The second-order valence-corrected chi connectivity index (χ2v) is 5.89. The molecular formula is C14H20BrNO. The van der Waals surface area contributed by atoms with Crippen LogP contribution >= 0.6 is 15.9 Å². The molecular weight excluding hydrogens is 278 g/mol. The molecule has 0 saturated heterocycles. The van der Waals surface area contributed by atoms with Crippen LogP contribution in [0.2, 0.25) is 0 Å². The number of hydrogen-bond acceptors (Lipinski definition) is 1. The minimum atomic E-state index is 0.0806. The number of rotatable bonds is 4. The Hall–Kier alpha value is -0.830. The molecule has 0 spiro atoms. The molecule has 0 aliphatic rings. The first-order chi connectivity index (χ1) is 7.90. The maximum absolute atomic E-state index is 11.7. The first-order valence-electron chi connectivity index (χ1n) is 5.99. The van der Waals surface area contributed by atoms with Gasteiger partial charge in [-0.1, -0.05) is 43.6 Å². The molecule has 1 amide bonds. The van der Waals surface area contributed by atoms with Gasteiger partial charge in [-0.2, -0.15) is 0 Å². The van der Waals surface area contributed by atoms with Crippen LogP contribution in [0.5, 0.6) is 0 Å². The number of hydrogen-bond donors (Lipinski definition) is 1. The Labute approximate surface area is 112 Å². The predicted octanol–water partition coefficient (Wildman–Crippen LogP) is 4.56. The summed E-state index contributed by atoms with van der Waals surface area (Å²) in [5, 5.41) is 2.94. The van der Waals surface area contributed by atoms with Crippen LogP contribution in [0.25, 0.3) is 0 Å². The van der Waals surface area contributed by atoms with Crippen LogP contribution in [0.15, 0.2) is 22.7 Å². The third-order valence-electron chi connectivity index (χ3n) is 2.50. The van der Waals surface area contributed by atoms with Gasteiger partial charge in [0.2, 0.25) is 5.91 Å². The Morgan fingerprint density at radius 1 is 1.29 bits per heavy atom. The van der Waals surface area contributed by atoms with Gasteiger partial charge in [-0.05, 0) is 35.6 Å². The van der Waals surface area contributed by atoms with Crippen LogP contribution in [-0.4, -0.2) is 5.91 Å². The smallest absolute Gasteiger partial charge is 0.224 e. The molecule has 17 heavy (non-hydrogen) atoms. The van der Waals surface area contributed by atoms with Gasteiger partial charge in [0.15, 0.2) is 0 Å². The minimum absolute atomic E-state index is 0.0806. The fourth-order valence-electron chi connectivity index (χ4n) is 1.65. The van der Waals surface area contributed by atoms with Gasteiger partial charge in [-0.3, -0.25) is 4.79 Å². The first-order valence-corrected chi connectivity index (χ1v) is 6.78. The zero-order chi connectivity index (χ0) is 13.0. The number of anilines is 1. The fraction of sp³-hybridized carbons (Fsp3) is 0.500. The summed E-state index contributed by atoms with van der Waals surface area (Å²) < 4.78 is 1.09. The van der Waals surface area contributed by atoms with Gasteiger partial charge in [0.05, 0.1) is 0 Å². The lowest BCUT2D eigenvalue weighted by Gasteiger charge is -2.12. The molecule has 0 radical (unpaired) electrons. The Bertz CT molecular complexity index is 399. The number of carbonyl (C=O) groups excluding carboxylic acids is 1. The maximum Gasteiger partial charge on any atom is 0.224 e. The summed E-state index contributed by atoms with van der Waals surface area (Å²) in [4.78, 5) is 11.7. The summed E-state index contributed by atoms with van der Waals surface area (Å²) in [6, 6.07) is 5.95. The normalized spacial score (nSPS) is 11.0. The molecule has 1 N–H and O–H groups in total. The largest absolute Gasteiger partial charge is 0.326 e. The van der Waals surface area contributed by atoms with Crippen molar-refractivity contribution in [3.05, 3.63) is 28.2 Å². The maximum atomic E-state index is 11.7. The third kappa shape index (κ3) is 4.50. The van der Waals surface area contributed by atoms with E-state index in [2.05, 4.69) is 35.1 Å². The lowest BCUT2D eigenvalue weighted by Crippen LogP contribution is -2.14. The van der Waals surface area contributed by atoms with Crippen molar-refractivity contribution in [2.24, 2.45) is 5.92 Å². The van der Waals surface area contributed by atoms with Crippen LogP contribution in [0.1, 0.15) is 45.6 Å². The first kappa shape index (κ1) is 14.2. The lowest BCUT2D eigenvalue weighted by molar-refractivity contribution is -0.116. The second-order valence-electron chi connectivity index (χ2n) is 5.04. The molecule has 1 aromatic rings. The Balaban J connectivity index is 2.79. The van der Waals surface area contributed by atoms with E-state index in [-0.39, 0.29) is 5.91 Å². The van der Waals surface area contributed by atoms with E-state index in [1.165, 1.54) is 5.56 Å². The van der Waals surface area contributed by atoms with Crippen LogP contribution in [-0.2, 0) is 4.79 Å². The predicted molar refractivity (Wildman–Crippen MR) is 76.3 cm³/mol. The van der Waals surface area contributed by atoms with Crippen molar-refractivity contribution in [2.45, 2.75) is 40.0 Å². The Kier molecular flexibility index (Phi) is 5.19. The molecule has 0 aliphatic heterocycles. The van der Waals surface area contributed by atoms with Gasteiger partial charge in [0.1, 0.15) is 0 Å². The molecule has 0 bridgehead atoms. The minimum Gasteiger partial charge on any atom is -0.326 e. The highest BCUT2D eigenvalue weighted by Crippen LogP contribution is 2.27. The second kappa shape index (κ2) is 6.20. The molecule has 0 atom stereocenters. The van der Waals surface area contributed by atoms with E-state index in [9.17, 15) is 4.79 Å². The van der Waals surface area contributed by atoms with E-state index in [1.807, 2.05) is 32.0 Å². The van der Waals surface area contributed by atoms with Gasteiger partial charge in [-0.15, -0.1) is 0 Å². The summed E-state index contributed by atoms with van der Waals surface area (Å²) in [5.74, 6) is 0.901. The van der Waals surface area contributed by atoms with Crippen molar-refractivity contribution < 1.29 is 4.79 Å². The average molecular weight is 298 g/mol. The molecule has 1 rings (SSSR count). The van der Waals surface area contributed by atoms with Crippen molar-refractivity contribution >= 4 is 27.5 Å². The molecule has 0 saturated carbocycles. The Morgan fingerprint density at radius 3 is 2.47 bits per heavy atom. The van der Waals surface area contributed by atoms with Crippen molar-refractivity contribution in [3.63, 3.8) is 0 Å². The summed E-state index contributed by atoms with van der Waals surface area (Å²) in [6.07, 6.45) is 0.563. The van der Waals surface area contributed by atoms with Gasteiger partial charge in [0, 0.05) is 16.6 Å². The molecule has 0 aromatic heterocycles. The van der Waals surface area contributed by atoms with Gasteiger partial charge in [-0.25, -0.2) is 0 Å². The number of halogens is 1. The summed E-state index contributed by atoms with van der Waals surface area (Å²) in [7, 11) is 0. The van der Waals surface area contributed by atoms with Crippen molar-refractivity contribution in [1.82, 2.24) is 0 Å². The van der Waals surface area contributed by atoms with Crippen molar-refractivity contribution in [3.8, 4) is 0 Å². The molecule has 3 heteroatoms. The average Bonchev–Trinajstić information content (AvgIpc) is 2.19.